The van der Waals surface area contributed by atoms with Gasteiger partial charge < -0.3 is 20.3 Å². The summed E-state index contributed by atoms with van der Waals surface area (Å²) in [7, 11) is 1.58. The number of amides is 2. The normalized spacial score (nSPS) is 22.0. The molecule has 1 aromatic carbocycles. The van der Waals surface area contributed by atoms with Crippen LogP contribution in [0.1, 0.15) is 19.3 Å². The van der Waals surface area contributed by atoms with Crippen LogP contribution in [0, 0.1) is 11.2 Å². The van der Waals surface area contributed by atoms with E-state index in [4.69, 9.17) is 4.74 Å². The Labute approximate surface area is 158 Å². The maximum absolute atomic E-state index is 14.0. The first-order valence-electron chi connectivity index (χ1n) is 8.64. The molecule has 2 saturated heterocycles. The van der Waals surface area contributed by atoms with Gasteiger partial charge in [0.1, 0.15) is 11.9 Å². The van der Waals surface area contributed by atoms with E-state index in [0.29, 0.717) is 32.4 Å². The minimum atomic E-state index is -0.615. The van der Waals surface area contributed by atoms with E-state index in [0.717, 1.165) is 13.1 Å². The van der Waals surface area contributed by atoms with E-state index in [1.807, 2.05) is 0 Å². The minimum Gasteiger partial charge on any atom is -0.384 e. The third-order valence-electron chi connectivity index (χ3n) is 5.12. The van der Waals surface area contributed by atoms with Crippen LogP contribution in [0.4, 0.5) is 10.1 Å². The highest BCUT2D eigenvalue weighted by molar-refractivity contribution is 6.01. The van der Waals surface area contributed by atoms with Gasteiger partial charge in [-0.05, 0) is 44.5 Å². The molecule has 2 fully saturated rings. The number of para-hydroxylation sites is 1. The molecule has 1 unspecified atom stereocenters. The first-order chi connectivity index (χ1) is 12.1. The lowest BCUT2D eigenvalue weighted by Gasteiger charge is -2.36. The highest BCUT2D eigenvalue weighted by atomic mass is 35.5. The summed E-state index contributed by atoms with van der Waals surface area (Å²) in [6.07, 6.45) is 1.81. The number of anilines is 1. The van der Waals surface area contributed by atoms with Crippen molar-refractivity contribution in [3.8, 4) is 0 Å². The van der Waals surface area contributed by atoms with Crippen LogP contribution in [0.5, 0.6) is 0 Å². The third-order valence-corrected chi connectivity index (χ3v) is 5.12. The van der Waals surface area contributed by atoms with Gasteiger partial charge in [-0.15, -0.1) is 12.4 Å². The number of nitrogens with one attached hydrogen (secondary N) is 2. The Morgan fingerprint density at radius 3 is 2.73 bits per heavy atom. The van der Waals surface area contributed by atoms with Crippen LogP contribution in [0.2, 0.25) is 0 Å². The summed E-state index contributed by atoms with van der Waals surface area (Å²) in [6, 6.07) is 5.58. The number of carbonyl (C=O) groups is 2. The van der Waals surface area contributed by atoms with Gasteiger partial charge in [-0.1, -0.05) is 12.1 Å². The van der Waals surface area contributed by atoms with E-state index in [9.17, 15) is 14.0 Å². The zero-order valence-corrected chi connectivity index (χ0v) is 15.6. The summed E-state index contributed by atoms with van der Waals surface area (Å²) in [5, 5.41) is 6.12. The average molecular weight is 386 g/mol. The first kappa shape index (κ1) is 20.6. The molecule has 8 heteroatoms. The summed E-state index contributed by atoms with van der Waals surface area (Å²) >= 11 is 0. The zero-order valence-electron chi connectivity index (χ0n) is 14.8. The standard InChI is InChI=1S/C18H24FN3O3.ClH/c1-25-12-18(7-9-20-10-8-18)17(24)21-14-6-11-22(16(14)23)15-5-3-2-4-13(15)19;/h2-5,14,20H,6-12H2,1H3,(H,21,24);1H. The number of piperidine rings is 1. The molecule has 3 rings (SSSR count). The molecule has 0 saturated carbocycles. The lowest BCUT2D eigenvalue weighted by molar-refractivity contribution is -0.138. The molecule has 0 radical (unpaired) electrons. The van der Waals surface area contributed by atoms with Crippen molar-refractivity contribution in [2.45, 2.75) is 25.3 Å². The molecule has 0 aromatic heterocycles. The smallest absolute Gasteiger partial charge is 0.249 e. The Bertz CT molecular complexity index is 647. The molecular formula is C18H25ClFN3O3. The van der Waals surface area contributed by atoms with E-state index < -0.39 is 17.3 Å². The van der Waals surface area contributed by atoms with Gasteiger partial charge in [0.2, 0.25) is 11.8 Å². The van der Waals surface area contributed by atoms with Crippen LogP contribution in [-0.4, -0.2) is 51.2 Å². The molecular weight excluding hydrogens is 361 g/mol. The topological polar surface area (TPSA) is 70.7 Å². The lowest BCUT2D eigenvalue weighted by Crippen LogP contribution is -2.53. The maximum atomic E-state index is 14.0. The highest BCUT2D eigenvalue weighted by Crippen LogP contribution is 2.31. The van der Waals surface area contributed by atoms with Crippen LogP contribution in [0.25, 0.3) is 0 Å². The van der Waals surface area contributed by atoms with Gasteiger partial charge >= 0.3 is 0 Å². The molecule has 2 aliphatic rings. The molecule has 1 aromatic rings. The zero-order chi connectivity index (χ0) is 17.9. The van der Waals surface area contributed by atoms with Crippen LogP contribution >= 0.6 is 12.4 Å². The van der Waals surface area contributed by atoms with Crippen molar-refractivity contribution in [1.29, 1.82) is 0 Å². The summed E-state index contributed by atoms with van der Waals surface area (Å²) in [4.78, 5) is 26.9. The quantitative estimate of drug-likeness (QED) is 0.805. The molecule has 0 bridgehead atoms. The molecule has 2 N–H and O–H groups in total. The van der Waals surface area contributed by atoms with E-state index in [2.05, 4.69) is 10.6 Å². The van der Waals surface area contributed by atoms with Crippen molar-refractivity contribution < 1.29 is 18.7 Å². The summed E-state index contributed by atoms with van der Waals surface area (Å²) in [6.45, 7) is 2.22. The number of nitrogens with zero attached hydrogens (tertiary/aromatic N) is 1. The number of benzene rings is 1. The Morgan fingerprint density at radius 1 is 1.38 bits per heavy atom. The van der Waals surface area contributed by atoms with Crippen molar-refractivity contribution in [3.05, 3.63) is 30.1 Å². The monoisotopic (exact) mass is 385 g/mol. The second-order valence-electron chi connectivity index (χ2n) is 6.72. The maximum Gasteiger partial charge on any atom is 0.249 e. The van der Waals surface area contributed by atoms with Gasteiger partial charge in [-0.2, -0.15) is 0 Å². The van der Waals surface area contributed by atoms with Gasteiger partial charge in [-0.25, -0.2) is 4.39 Å². The average Bonchev–Trinajstić information content (AvgIpc) is 2.97. The SMILES string of the molecule is COCC1(C(=O)NC2CCN(c3ccccc3F)C2=O)CCNCC1.Cl. The first-order valence-corrected chi connectivity index (χ1v) is 8.64. The number of halogens is 2. The second-order valence-corrected chi connectivity index (χ2v) is 6.72. The van der Waals surface area contributed by atoms with Gasteiger partial charge in [0.15, 0.2) is 0 Å². The fourth-order valence-electron chi connectivity index (χ4n) is 3.65. The summed E-state index contributed by atoms with van der Waals surface area (Å²) in [5.41, 5.74) is -0.344. The number of carbonyl (C=O) groups excluding carboxylic acids is 2. The van der Waals surface area contributed by atoms with Crippen LogP contribution in [-0.2, 0) is 14.3 Å². The van der Waals surface area contributed by atoms with Crippen molar-refractivity contribution in [1.82, 2.24) is 10.6 Å². The van der Waals surface area contributed by atoms with Crippen molar-refractivity contribution in [2.24, 2.45) is 5.41 Å². The van der Waals surface area contributed by atoms with Crippen LogP contribution in [0.3, 0.4) is 0 Å². The molecule has 0 spiro atoms. The molecule has 2 aliphatic heterocycles. The number of ether oxygens (including phenoxy) is 1. The van der Waals surface area contributed by atoms with Crippen LogP contribution in [0.15, 0.2) is 24.3 Å². The van der Waals surface area contributed by atoms with E-state index in [1.54, 1.807) is 25.3 Å². The Balaban J connectivity index is 0.00000243. The van der Waals surface area contributed by atoms with Crippen molar-refractivity contribution in [3.63, 3.8) is 0 Å². The predicted molar refractivity (Wildman–Crippen MR) is 99.0 cm³/mol. The summed E-state index contributed by atoms with van der Waals surface area (Å²) < 4.78 is 19.2. The fourth-order valence-corrected chi connectivity index (χ4v) is 3.65. The number of hydrogen-bond acceptors (Lipinski definition) is 4. The second kappa shape index (κ2) is 8.79. The number of methoxy groups -OCH3 is 1. The summed E-state index contributed by atoms with van der Waals surface area (Å²) in [5.74, 6) is -0.846. The van der Waals surface area contributed by atoms with Crippen LogP contribution < -0.4 is 15.5 Å². The number of hydrogen-bond donors (Lipinski definition) is 2. The van der Waals surface area contributed by atoms with Gasteiger partial charge in [0, 0.05) is 13.7 Å². The van der Waals surface area contributed by atoms with E-state index in [1.165, 1.54) is 11.0 Å². The minimum absolute atomic E-state index is 0. The Hall–Kier alpha value is -1.70. The van der Waals surface area contributed by atoms with Crippen molar-refractivity contribution in [2.75, 3.05) is 38.3 Å². The molecule has 26 heavy (non-hydrogen) atoms. The Morgan fingerprint density at radius 2 is 2.08 bits per heavy atom. The fraction of sp³-hybridized carbons (Fsp3) is 0.556. The largest absolute Gasteiger partial charge is 0.384 e. The van der Waals surface area contributed by atoms with Gasteiger partial charge in [-0.3, -0.25) is 9.59 Å². The molecule has 0 aliphatic carbocycles. The van der Waals surface area contributed by atoms with Gasteiger partial charge in [0.05, 0.1) is 17.7 Å². The highest BCUT2D eigenvalue weighted by Gasteiger charge is 2.43. The van der Waals surface area contributed by atoms with Gasteiger partial charge in [0.25, 0.3) is 0 Å². The number of rotatable bonds is 5. The molecule has 1 atom stereocenters. The van der Waals surface area contributed by atoms with E-state index >= 15 is 0 Å². The third kappa shape index (κ3) is 4.00. The van der Waals surface area contributed by atoms with Crippen molar-refractivity contribution >= 4 is 29.9 Å². The lowest BCUT2D eigenvalue weighted by atomic mass is 9.78. The molecule has 2 heterocycles. The molecule has 6 nitrogen and oxygen atoms in total. The molecule has 144 valence electrons. The predicted octanol–water partition coefficient (Wildman–Crippen LogP) is 1.49. The molecule has 2 amide bonds. The Kier molecular flexibility index (Phi) is 6.97. The van der Waals surface area contributed by atoms with E-state index in [-0.39, 0.29) is 29.9 Å².